The molecule has 0 bridgehead atoms. The predicted molar refractivity (Wildman–Crippen MR) is 94.7 cm³/mol. The van der Waals surface area contributed by atoms with Gasteiger partial charge in [-0.05, 0) is 6.07 Å². The lowest BCUT2D eigenvalue weighted by molar-refractivity contribution is -0.695. The van der Waals surface area contributed by atoms with Crippen LogP contribution in [0.4, 0.5) is 11.4 Å². The number of nitrogens with zero attached hydrogens (tertiary/aromatic N) is 3. The van der Waals surface area contributed by atoms with Gasteiger partial charge in [0.05, 0.1) is 22.3 Å². The van der Waals surface area contributed by atoms with Gasteiger partial charge in [-0.3, -0.25) is 20.2 Å². The minimum atomic E-state index is -0.630. The largest absolute Gasteiger partial charge is 0.280 e. The van der Waals surface area contributed by atoms with Gasteiger partial charge in [-0.1, -0.05) is 36.4 Å². The lowest BCUT2D eigenvalue weighted by atomic mass is 10.1. The lowest BCUT2D eigenvalue weighted by Gasteiger charge is -2.05. The summed E-state index contributed by atoms with van der Waals surface area (Å²) in [5, 5.41) is 22.2. The number of benzene rings is 2. The van der Waals surface area contributed by atoms with Gasteiger partial charge in [0, 0.05) is 29.3 Å². The van der Waals surface area contributed by atoms with Crippen LogP contribution in [0, 0.1) is 20.2 Å². The van der Waals surface area contributed by atoms with Crippen molar-refractivity contribution < 1.29 is 14.4 Å². The van der Waals surface area contributed by atoms with Crippen LogP contribution in [-0.2, 0) is 13.0 Å². The molecule has 0 atom stereocenters. The number of non-ortho nitro benzene ring substituents is 1. The van der Waals surface area contributed by atoms with Crippen molar-refractivity contribution in [2.24, 2.45) is 0 Å². The number of nitro groups is 2. The SMILES string of the molecule is O=[N+]([O-])c1ccc(Cc2cccc[n+]2Cc2ccccc2)c([N+](=O)[O-])c1. The molecule has 0 saturated carbocycles. The van der Waals surface area contributed by atoms with Crippen LogP contribution in [0.25, 0.3) is 0 Å². The molecular formula is C19H16N3O4+. The highest BCUT2D eigenvalue weighted by Crippen LogP contribution is 2.26. The smallest absolute Gasteiger partial charge is 0.258 e. The molecule has 7 heteroatoms. The van der Waals surface area contributed by atoms with E-state index in [0.29, 0.717) is 18.5 Å². The molecule has 0 aliphatic heterocycles. The maximum absolute atomic E-state index is 11.3. The van der Waals surface area contributed by atoms with Crippen LogP contribution in [-0.4, -0.2) is 9.85 Å². The molecule has 0 spiro atoms. The van der Waals surface area contributed by atoms with Crippen molar-refractivity contribution >= 4 is 11.4 Å². The Labute approximate surface area is 149 Å². The fourth-order valence-corrected chi connectivity index (χ4v) is 2.79. The fourth-order valence-electron chi connectivity index (χ4n) is 2.79. The lowest BCUT2D eigenvalue weighted by Crippen LogP contribution is -2.38. The molecule has 3 rings (SSSR count). The topological polar surface area (TPSA) is 90.2 Å². The first-order valence-electron chi connectivity index (χ1n) is 7.97. The van der Waals surface area contributed by atoms with E-state index in [9.17, 15) is 20.2 Å². The van der Waals surface area contributed by atoms with Crippen molar-refractivity contribution in [2.45, 2.75) is 13.0 Å². The molecule has 26 heavy (non-hydrogen) atoms. The summed E-state index contributed by atoms with van der Waals surface area (Å²) in [6.07, 6.45) is 2.22. The molecule has 0 unspecified atom stereocenters. The Morgan fingerprint density at radius 1 is 0.846 bits per heavy atom. The van der Waals surface area contributed by atoms with Crippen LogP contribution in [0.2, 0.25) is 0 Å². The molecule has 130 valence electrons. The Kier molecular flexibility index (Phi) is 4.98. The molecule has 7 nitrogen and oxygen atoms in total. The molecule has 0 saturated heterocycles. The van der Waals surface area contributed by atoms with Gasteiger partial charge in [0.1, 0.15) is 0 Å². The van der Waals surface area contributed by atoms with Crippen molar-refractivity contribution in [2.75, 3.05) is 0 Å². The van der Waals surface area contributed by atoms with Crippen molar-refractivity contribution in [1.82, 2.24) is 0 Å². The Morgan fingerprint density at radius 3 is 2.27 bits per heavy atom. The molecule has 0 N–H and O–H groups in total. The van der Waals surface area contributed by atoms with Crippen molar-refractivity contribution in [3.8, 4) is 0 Å². The molecule has 0 aliphatic rings. The average Bonchev–Trinajstić information content (AvgIpc) is 2.64. The highest BCUT2D eigenvalue weighted by atomic mass is 16.6. The normalized spacial score (nSPS) is 10.5. The van der Waals surface area contributed by atoms with Gasteiger partial charge < -0.3 is 0 Å². The zero-order valence-corrected chi connectivity index (χ0v) is 13.8. The van der Waals surface area contributed by atoms with Crippen molar-refractivity contribution in [3.63, 3.8) is 0 Å². The van der Waals surface area contributed by atoms with Gasteiger partial charge in [0.2, 0.25) is 0 Å². The standard InChI is InChI=1S/C19H16N3O4/c23-21(24)18-10-9-16(19(13-18)22(25)26)12-17-8-4-5-11-20(17)14-15-6-2-1-3-7-15/h1-11,13H,12,14H2/q+1. The van der Waals surface area contributed by atoms with E-state index in [1.165, 1.54) is 12.1 Å². The summed E-state index contributed by atoms with van der Waals surface area (Å²) >= 11 is 0. The van der Waals surface area contributed by atoms with Gasteiger partial charge in [-0.2, -0.15) is 4.57 Å². The summed E-state index contributed by atoms with van der Waals surface area (Å²) in [7, 11) is 0. The average molecular weight is 350 g/mol. The van der Waals surface area contributed by atoms with Crippen LogP contribution < -0.4 is 4.57 Å². The Bertz CT molecular complexity index is 958. The summed E-state index contributed by atoms with van der Waals surface area (Å²) in [5.74, 6) is 0. The van der Waals surface area contributed by atoms with E-state index in [1.807, 2.05) is 59.3 Å². The third-order valence-corrected chi connectivity index (χ3v) is 4.08. The minimum Gasteiger partial charge on any atom is -0.258 e. The van der Waals surface area contributed by atoms with Crippen LogP contribution >= 0.6 is 0 Å². The minimum absolute atomic E-state index is 0.241. The molecule has 0 fully saturated rings. The molecular weight excluding hydrogens is 334 g/mol. The molecule has 0 amide bonds. The Hall–Kier alpha value is -3.61. The second-order valence-electron chi connectivity index (χ2n) is 5.81. The van der Waals surface area contributed by atoms with Crippen LogP contribution in [0.5, 0.6) is 0 Å². The van der Waals surface area contributed by atoms with Crippen molar-refractivity contribution in [1.29, 1.82) is 0 Å². The second-order valence-corrected chi connectivity index (χ2v) is 5.81. The van der Waals surface area contributed by atoms with Crippen LogP contribution in [0.3, 0.4) is 0 Å². The number of hydrogen-bond donors (Lipinski definition) is 0. The third kappa shape index (κ3) is 3.89. The highest BCUT2D eigenvalue weighted by Gasteiger charge is 2.22. The Morgan fingerprint density at radius 2 is 1.58 bits per heavy atom. The first-order chi connectivity index (χ1) is 12.5. The molecule has 1 heterocycles. The van der Waals surface area contributed by atoms with Gasteiger partial charge in [-0.15, -0.1) is 0 Å². The second kappa shape index (κ2) is 7.52. The van der Waals surface area contributed by atoms with Gasteiger partial charge in [-0.25, -0.2) is 0 Å². The van der Waals surface area contributed by atoms with E-state index < -0.39 is 9.85 Å². The monoisotopic (exact) mass is 350 g/mol. The maximum Gasteiger partial charge on any atom is 0.280 e. The zero-order chi connectivity index (χ0) is 18.5. The fraction of sp³-hybridized carbons (Fsp3) is 0.105. The van der Waals surface area contributed by atoms with E-state index in [2.05, 4.69) is 0 Å². The molecule has 0 radical (unpaired) electrons. The summed E-state index contributed by atoms with van der Waals surface area (Å²) in [6.45, 7) is 0.637. The predicted octanol–water partition coefficient (Wildman–Crippen LogP) is 3.43. The maximum atomic E-state index is 11.3. The van der Waals surface area contributed by atoms with E-state index in [4.69, 9.17) is 0 Å². The molecule has 1 aromatic heterocycles. The van der Waals surface area contributed by atoms with E-state index >= 15 is 0 Å². The van der Waals surface area contributed by atoms with E-state index in [1.54, 1.807) is 0 Å². The van der Waals surface area contributed by atoms with Crippen LogP contribution in [0.15, 0.2) is 72.9 Å². The quantitative estimate of drug-likeness (QED) is 0.387. The summed E-state index contributed by atoms with van der Waals surface area (Å²) in [4.78, 5) is 21.0. The number of rotatable bonds is 6. The number of pyridine rings is 1. The molecule has 3 aromatic rings. The summed E-state index contributed by atoms with van der Waals surface area (Å²) in [5.41, 5.74) is 1.91. The first-order valence-corrected chi connectivity index (χ1v) is 7.97. The van der Waals surface area contributed by atoms with E-state index in [0.717, 1.165) is 17.3 Å². The summed E-state index contributed by atoms with van der Waals surface area (Å²) < 4.78 is 2.01. The number of aromatic nitrogens is 1. The number of hydrogen-bond acceptors (Lipinski definition) is 4. The first kappa shape index (κ1) is 17.2. The highest BCUT2D eigenvalue weighted by molar-refractivity contribution is 5.50. The van der Waals surface area contributed by atoms with Gasteiger partial charge in [0.15, 0.2) is 18.4 Å². The van der Waals surface area contributed by atoms with Gasteiger partial charge >= 0.3 is 0 Å². The Balaban J connectivity index is 1.94. The number of nitro benzene ring substituents is 2. The molecule has 0 aliphatic carbocycles. The molecule has 2 aromatic carbocycles. The van der Waals surface area contributed by atoms with Crippen LogP contribution in [0.1, 0.15) is 16.8 Å². The third-order valence-electron chi connectivity index (χ3n) is 4.08. The van der Waals surface area contributed by atoms with Crippen molar-refractivity contribution in [3.05, 3.63) is 110 Å². The van der Waals surface area contributed by atoms with E-state index in [-0.39, 0.29) is 11.4 Å². The zero-order valence-electron chi connectivity index (χ0n) is 13.8. The summed E-state index contributed by atoms with van der Waals surface area (Å²) in [6, 6.07) is 19.3. The van der Waals surface area contributed by atoms with Gasteiger partial charge in [0.25, 0.3) is 11.4 Å².